The average molecular weight is 275 g/mol. The highest BCUT2D eigenvalue weighted by Gasteiger charge is 2.30. The molecular weight excluding hydrogens is 265 g/mol. The lowest BCUT2D eigenvalue weighted by Gasteiger charge is -2.10. The molecule has 0 aromatic heterocycles. The normalized spacial score (nSPS) is 20.8. The van der Waals surface area contributed by atoms with Crippen LogP contribution in [-0.2, 0) is 14.8 Å². The lowest BCUT2D eigenvalue weighted by atomic mass is 10.3. The number of thioether (sulfide) groups is 1. The average Bonchev–Trinajstić information content (AvgIpc) is 2.64. The number of sulfonamides is 1. The third-order valence-electron chi connectivity index (χ3n) is 2.36. The van der Waals surface area contributed by atoms with Crippen LogP contribution in [0.5, 0.6) is 0 Å². The van der Waals surface area contributed by atoms with Gasteiger partial charge in [0.25, 0.3) is 0 Å². The Labute approximate surface area is 103 Å². The molecule has 1 aromatic carbocycles. The van der Waals surface area contributed by atoms with Crippen molar-refractivity contribution in [3.8, 4) is 0 Å². The number of carbonyl (C=O) groups excluding carboxylic acids is 1. The van der Waals surface area contributed by atoms with E-state index in [-0.39, 0.29) is 10.0 Å². The number of hydrogen-bond acceptors (Lipinski definition) is 4. The molecule has 1 atom stereocenters. The Balaban J connectivity index is 2.19. The van der Waals surface area contributed by atoms with Crippen LogP contribution in [0.4, 0.5) is 4.39 Å². The van der Waals surface area contributed by atoms with Crippen molar-refractivity contribution >= 4 is 26.9 Å². The second-order valence-electron chi connectivity index (χ2n) is 3.58. The van der Waals surface area contributed by atoms with Crippen LogP contribution in [0.1, 0.15) is 6.42 Å². The van der Waals surface area contributed by atoms with Crippen LogP contribution >= 0.6 is 11.8 Å². The van der Waals surface area contributed by atoms with Gasteiger partial charge in [0.15, 0.2) is 0 Å². The van der Waals surface area contributed by atoms with Gasteiger partial charge in [-0.15, -0.1) is 0 Å². The summed E-state index contributed by atoms with van der Waals surface area (Å²) < 4.78 is 38.7. The van der Waals surface area contributed by atoms with Crippen LogP contribution in [0.25, 0.3) is 0 Å². The Morgan fingerprint density at radius 3 is 2.47 bits per heavy atom. The van der Waals surface area contributed by atoms with E-state index in [0.717, 1.165) is 23.9 Å². The van der Waals surface area contributed by atoms with Gasteiger partial charge in [0, 0.05) is 5.75 Å². The molecule has 1 aromatic rings. The first-order valence-electron chi connectivity index (χ1n) is 4.93. The van der Waals surface area contributed by atoms with Crippen molar-refractivity contribution in [3.63, 3.8) is 0 Å². The maximum atomic E-state index is 12.7. The zero-order valence-corrected chi connectivity index (χ0v) is 10.4. The highest BCUT2D eigenvalue weighted by Crippen LogP contribution is 2.21. The Bertz CT molecular complexity index is 527. The molecule has 0 saturated carbocycles. The first kappa shape index (κ1) is 12.5. The molecule has 0 aliphatic carbocycles. The summed E-state index contributed by atoms with van der Waals surface area (Å²) in [6, 6.07) is 3.81. The predicted octanol–water partition coefficient (Wildman–Crippen LogP) is 1.14. The molecule has 1 aliphatic rings. The molecule has 7 heteroatoms. The van der Waals surface area contributed by atoms with E-state index in [9.17, 15) is 17.6 Å². The maximum absolute atomic E-state index is 12.7. The molecule has 0 amide bonds. The summed E-state index contributed by atoms with van der Waals surface area (Å²) in [6.45, 7) is 0. The maximum Gasteiger partial charge on any atom is 0.241 e. The third kappa shape index (κ3) is 2.85. The standard InChI is InChI=1S/C10H10FNO3S2/c11-7-1-3-8(4-2-7)17(14,15)12-9-5-6-16-10(9)13/h1-4,9,12H,5-6H2/t9-/m0/s1. The summed E-state index contributed by atoms with van der Waals surface area (Å²) in [5.41, 5.74) is 0. The Morgan fingerprint density at radius 1 is 1.29 bits per heavy atom. The van der Waals surface area contributed by atoms with Gasteiger partial charge >= 0.3 is 0 Å². The van der Waals surface area contributed by atoms with E-state index in [2.05, 4.69) is 4.72 Å². The van der Waals surface area contributed by atoms with Gasteiger partial charge in [-0.1, -0.05) is 11.8 Å². The van der Waals surface area contributed by atoms with Gasteiger partial charge in [-0.2, -0.15) is 4.72 Å². The minimum Gasteiger partial charge on any atom is -0.285 e. The number of halogens is 1. The number of hydrogen-bond donors (Lipinski definition) is 1. The zero-order valence-electron chi connectivity index (χ0n) is 8.72. The number of nitrogens with one attached hydrogen (secondary N) is 1. The van der Waals surface area contributed by atoms with E-state index in [1.54, 1.807) is 0 Å². The highest BCUT2D eigenvalue weighted by atomic mass is 32.2. The van der Waals surface area contributed by atoms with E-state index in [4.69, 9.17) is 0 Å². The van der Waals surface area contributed by atoms with Crippen molar-refractivity contribution in [3.05, 3.63) is 30.1 Å². The van der Waals surface area contributed by atoms with Gasteiger partial charge in [0.05, 0.1) is 10.9 Å². The molecule has 1 saturated heterocycles. The molecule has 0 radical (unpaired) electrons. The van der Waals surface area contributed by atoms with Gasteiger partial charge in [0.1, 0.15) is 5.82 Å². The molecule has 17 heavy (non-hydrogen) atoms. The SMILES string of the molecule is O=C1SCC[C@@H]1NS(=O)(=O)c1ccc(F)cc1. The number of carbonyl (C=O) groups is 1. The molecule has 1 aliphatic heterocycles. The van der Waals surface area contributed by atoms with Crippen LogP contribution in [0, 0.1) is 5.82 Å². The van der Waals surface area contributed by atoms with E-state index in [0.29, 0.717) is 12.2 Å². The zero-order chi connectivity index (χ0) is 12.5. The van der Waals surface area contributed by atoms with Crippen molar-refractivity contribution < 1.29 is 17.6 Å². The molecule has 92 valence electrons. The molecular formula is C10H10FNO3S2. The Morgan fingerprint density at radius 2 is 1.94 bits per heavy atom. The quantitative estimate of drug-likeness (QED) is 0.898. The van der Waals surface area contributed by atoms with Crippen LogP contribution in [-0.4, -0.2) is 25.3 Å². The third-order valence-corrected chi connectivity index (χ3v) is 4.85. The van der Waals surface area contributed by atoms with E-state index in [1.165, 1.54) is 12.1 Å². The van der Waals surface area contributed by atoms with Crippen LogP contribution in [0.3, 0.4) is 0 Å². The summed E-state index contributed by atoms with van der Waals surface area (Å²) in [4.78, 5) is 11.3. The summed E-state index contributed by atoms with van der Waals surface area (Å²) >= 11 is 1.12. The summed E-state index contributed by atoms with van der Waals surface area (Å²) in [5.74, 6) is 0.117. The monoisotopic (exact) mass is 275 g/mol. The van der Waals surface area contributed by atoms with E-state index >= 15 is 0 Å². The molecule has 2 rings (SSSR count). The summed E-state index contributed by atoms with van der Waals surface area (Å²) in [5, 5.41) is -0.171. The summed E-state index contributed by atoms with van der Waals surface area (Å²) in [6.07, 6.45) is 0.490. The van der Waals surface area contributed by atoms with Crippen LogP contribution in [0.2, 0.25) is 0 Å². The van der Waals surface area contributed by atoms with Crippen LogP contribution < -0.4 is 4.72 Å². The van der Waals surface area contributed by atoms with Crippen molar-refractivity contribution in [2.45, 2.75) is 17.4 Å². The molecule has 0 unspecified atom stereocenters. The minimum absolute atomic E-state index is 0.0383. The van der Waals surface area contributed by atoms with E-state index < -0.39 is 21.9 Å². The smallest absolute Gasteiger partial charge is 0.241 e. The lowest BCUT2D eigenvalue weighted by Crippen LogP contribution is -2.37. The fourth-order valence-corrected chi connectivity index (χ4v) is 3.71. The first-order chi connectivity index (χ1) is 7.99. The van der Waals surface area contributed by atoms with Gasteiger partial charge in [-0.05, 0) is 30.7 Å². The van der Waals surface area contributed by atoms with Crippen LogP contribution in [0.15, 0.2) is 29.2 Å². The van der Waals surface area contributed by atoms with Crippen molar-refractivity contribution in [1.29, 1.82) is 0 Å². The van der Waals surface area contributed by atoms with Gasteiger partial charge < -0.3 is 0 Å². The van der Waals surface area contributed by atoms with E-state index in [1.807, 2.05) is 0 Å². The largest absolute Gasteiger partial charge is 0.285 e. The minimum atomic E-state index is -3.74. The molecule has 0 spiro atoms. The van der Waals surface area contributed by atoms with Gasteiger partial charge in [-0.25, -0.2) is 12.8 Å². The topological polar surface area (TPSA) is 63.2 Å². The van der Waals surface area contributed by atoms with Gasteiger partial charge in [-0.3, -0.25) is 4.79 Å². The second kappa shape index (κ2) is 4.75. The fraction of sp³-hybridized carbons (Fsp3) is 0.300. The molecule has 4 nitrogen and oxygen atoms in total. The Kier molecular flexibility index (Phi) is 3.50. The molecule has 0 bridgehead atoms. The highest BCUT2D eigenvalue weighted by molar-refractivity contribution is 8.14. The molecule has 1 N–H and O–H groups in total. The first-order valence-corrected chi connectivity index (χ1v) is 7.40. The van der Waals surface area contributed by atoms with Crippen molar-refractivity contribution in [1.82, 2.24) is 4.72 Å². The van der Waals surface area contributed by atoms with Crippen molar-refractivity contribution in [2.24, 2.45) is 0 Å². The lowest BCUT2D eigenvalue weighted by molar-refractivity contribution is -0.111. The number of rotatable bonds is 3. The fourth-order valence-electron chi connectivity index (χ4n) is 1.47. The van der Waals surface area contributed by atoms with Crippen molar-refractivity contribution in [2.75, 3.05) is 5.75 Å². The number of benzene rings is 1. The Hall–Kier alpha value is -0.920. The molecule has 1 heterocycles. The summed E-state index contributed by atoms with van der Waals surface area (Å²) in [7, 11) is -3.74. The molecule has 1 fully saturated rings. The van der Waals surface area contributed by atoms with Gasteiger partial charge in [0.2, 0.25) is 15.1 Å². The predicted molar refractivity (Wildman–Crippen MR) is 62.6 cm³/mol. The second-order valence-corrected chi connectivity index (χ2v) is 6.40.